The lowest BCUT2D eigenvalue weighted by Crippen LogP contribution is -2.39. The molecular formula is C18H16F3N5O2. The molecule has 1 amide bonds. The van der Waals surface area contributed by atoms with Gasteiger partial charge in [0.05, 0.1) is 12.7 Å². The molecule has 1 aliphatic heterocycles. The van der Waals surface area contributed by atoms with E-state index in [1.165, 1.54) is 4.90 Å². The Kier molecular flexibility index (Phi) is 4.62. The van der Waals surface area contributed by atoms with E-state index in [1.54, 1.807) is 6.20 Å². The van der Waals surface area contributed by atoms with Gasteiger partial charge in [0.1, 0.15) is 0 Å². The summed E-state index contributed by atoms with van der Waals surface area (Å²) in [5.41, 5.74) is 0.892. The minimum Gasteiger partial charge on any atom is -0.441 e. The van der Waals surface area contributed by atoms with Gasteiger partial charge in [0, 0.05) is 31.5 Å². The van der Waals surface area contributed by atoms with Gasteiger partial charge in [-0.15, -0.1) is 10.2 Å². The molecule has 10 heteroatoms. The van der Waals surface area contributed by atoms with Crippen molar-refractivity contribution >= 4 is 5.91 Å². The zero-order valence-corrected chi connectivity index (χ0v) is 14.7. The van der Waals surface area contributed by atoms with Crippen LogP contribution in [0.15, 0.2) is 40.9 Å². The molecule has 0 saturated heterocycles. The lowest BCUT2D eigenvalue weighted by molar-refractivity contribution is -0.148. The molecule has 3 heterocycles. The maximum absolute atomic E-state index is 12.9. The summed E-state index contributed by atoms with van der Waals surface area (Å²) in [5.74, 6) is -0.0277. The minimum absolute atomic E-state index is 0.00274. The van der Waals surface area contributed by atoms with Gasteiger partial charge >= 0.3 is 6.18 Å². The predicted molar refractivity (Wildman–Crippen MR) is 90.7 cm³/mol. The number of halogens is 3. The van der Waals surface area contributed by atoms with Crippen molar-refractivity contribution in [2.45, 2.75) is 32.1 Å². The van der Waals surface area contributed by atoms with Crippen LogP contribution in [-0.2, 0) is 30.5 Å². The normalized spacial score (nSPS) is 14.2. The summed E-state index contributed by atoms with van der Waals surface area (Å²) < 4.78 is 45.3. The van der Waals surface area contributed by atoms with Crippen LogP contribution in [0.5, 0.6) is 0 Å². The second-order valence-electron chi connectivity index (χ2n) is 6.39. The van der Waals surface area contributed by atoms with E-state index in [-0.39, 0.29) is 37.8 Å². The molecule has 2 aromatic heterocycles. The zero-order chi connectivity index (χ0) is 19.7. The second-order valence-corrected chi connectivity index (χ2v) is 6.39. The molecule has 0 spiro atoms. The molecule has 0 saturated carbocycles. The largest absolute Gasteiger partial charge is 0.451 e. The monoisotopic (exact) mass is 391 g/mol. The molecule has 0 radical (unpaired) electrons. The van der Waals surface area contributed by atoms with Crippen LogP contribution in [0.2, 0.25) is 0 Å². The first kappa shape index (κ1) is 18.2. The van der Waals surface area contributed by atoms with E-state index < -0.39 is 12.0 Å². The number of aromatic nitrogens is 4. The molecule has 0 unspecified atom stereocenters. The Morgan fingerprint density at radius 1 is 1.14 bits per heavy atom. The van der Waals surface area contributed by atoms with Crippen LogP contribution in [0.1, 0.15) is 24.0 Å². The molecule has 3 aromatic rings. The van der Waals surface area contributed by atoms with Crippen molar-refractivity contribution in [1.82, 2.24) is 24.6 Å². The fraction of sp³-hybridized carbons (Fsp3) is 0.333. The highest BCUT2D eigenvalue weighted by Crippen LogP contribution is 2.29. The number of carbonyl (C=O) groups excluding carboxylic acids is 1. The van der Waals surface area contributed by atoms with E-state index in [0.29, 0.717) is 18.1 Å². The van der Waals surface area contributed by atoms with Crippen LogP contribution in [0.4, 0.5) is 13.2 Å². The summed E-state index contributed by atoms with van der Waals surface area (Å²) in [4.78, 5) is 18.1. The van der Waals surface area contributed by atoms with Crippen LogP contribution in [0, 0.1) is 0 Å². The topological polar surface area (TPSA) is 77.0 Å². The summed E-state index contributed by atoms with van der Waals surface area (Å²) in [6.45, 7) is 0.191. The van der Waals surface area contributed by atoms with E-state index in [0.717, 1.165) is 10.1 Å². The van der Waals surface area contributed by atoms with Gasteiger partial charge in [-0.1, -0.05) is 30.3 Å². The van der Waals surface area contributed by atoms with Crippen molar-refractivity contribution in [3.05, 3.63) is 54.1 Å². The van der Waals surface area contributed by atoms with E-state index in [2.05, 4.69) is 15.2 Å². The number of fused-ring (bicyclic) bond motifs is 1. The Balaban J connectivity index is 1.36. The smallest absolute Gasteiger partial charge is 0.441 e. The number of aryl methyl sites for hydroxylation is 1. The van der Waals surface area contributed by atoms with Gasteiger partial charge in [0.15, 0.2) is 17.5 Å². The molecule has 146 valence electrons. The summed E-state index contributed by atoms with van der Waals surface area (Å²) in [6, 6.07) is 9.47. The Labute approximate surface area is 157 Å². The van der Waals surface area contributed by atoms with E-state index in [9.17, 15) is 18.0 Å². The highest BCUT2D eigenvalue weighted by atomic mass is 19.4. The fourth-order valence-electron chi connectivity index (χ4n) is 3.11. The summed E-state index contributed by atoms with van der Waals surface area (Å²) in [5, 5.41) is 6.79. The van der Waals surface area contributed by atoms with Crippen molar-refractivity contribution in [2.75, 3.05) is 6.54 Å². The van der Waals surface area contributed by atoms with E-state index >= 15 is 0 Å². The number of benzene rings is 1. The number of hydrogen-bond donors (Lipinski definition) is 0. The van der Waals surface area contributed by atoms with Gasteiger partial charge in [0.25, 0.3) is 0 Å². The van der Waals surface area contributed by atoms with Crippen LogP contribution < -0.4 is 0 Å². The molecule has 0 N–H and O–H groups in total. The average molecular weight is 391 g/mol. The zero-order valence-electron chi connectivity index (χ0n) is 14.7. The van der Waals surface area contributed by atoms with Crippen LogP contribution >= 0.6 is 0 Å². The summed E-state index contributed by atoms with van der Waals surface area (Å²) in [7, 11) is 0. The standard InChI is InChI=1S/C18H16F3N5O2/c19-18(20,21)17-24-23-14-11-25(8-9-26(14)17)16(27)7-6-15-22-10-13(28-15)12-4-2-1-3-5-12/h1-5,10H,6-9,11H2. The Hall–Kier alpha value is -3.17. The molecule has 4 rings (SSSR count). The molecule has 0 atom stereocenters. The second kappa shape index (κ2) is 7.10. The molecule has 7 nitrogen and oxygen atoms in total. The maximum Gasteiger partial charge on any atom is 0.451 e. The molecule has 0 aliphatic carbocycles. The number of hydrogen-bond acceptors (Lipinski definition) is 5. The number of oxazole rings is 1. The van der Waals surface area contributed by atoms with E-state index in [1.807, 2.05) is 30.3 Å². The summed E-state index contributed by atoms with van der Waals surface area (Å²) in [6.07, 6.45) is -2.49. The minimum atomic E-state index is -4.56. The number of alkyl halides is 3. The number of amides is 1. The Bertz CT molecular complexity index is 981. The van der Waals surface area contributed by atoms with Gasteiger partial charge < -0.3 is 13.9 Å². The third-order valence-corrected chi connectivity index (χ3v) is 4.52. The maximum atomic E-state index is 12.9. The van der Waals surface area contributed by atoms with Crippen LogP contribution in [0.25, 0.3) is 11.3 Å². The highest BCUT2D eigenvalue weighted by Gasteiger charge is 2.39. The Morgan fingerprint density at radius 2 is 1.93 bits per heavy atom. The molecule has 1 aliphatic rings. The third-order valence-electron chi connectivity index (χ3n) is 4.52. The van der Waals surface area contributed by atoms with Crippen LogP contribution in [-0.4, -0.2) is 37.1 Å². The van der Waals surface area contributed by atoms with Gasteiger partial charge in [-0.2, -0.15) is 13.2 Å². The lowest BCUT2D eigenvalue weighted by Gasteiger charge is -2.28. The van der Waals surface area contributed by atoms with Crippen molar-refractivity contribution in [3.8, 4) is 11.3 Å². The first-order chi connectivity index (χ1) is 13.4. The first-order valence-electron chi connectivity index (χ1n) is 8.69. The molecule has 1 aromatic carbocycles. The fourth-order valence-corrected chi connectivity index (χ4v) is 3.11. The van der Waals surface area contributed by atoms with Crippen molar-refractivity contribution in [2.24, 2.45) is 0 Å². The number of carbonyl (C=O) groups is 1. The van der Waals surface area contributed by atoms with Crippen LogP contribution in [0.3, 0.4) is 0 Å². The first-order valence-corrected chi connectivity index (χ1v) is 8.69. The lowest BCUT2D eigenvalue weighted by atomic mass is 10.2. The van der Waals surface area contributed by atoms with Gasteiger partial charge in [-0.25, -0.2) is 4.98 Å². The van der Waals surface area contributed by atoms with Crippen molar-refractivity contribution < 1.29 is 22.4 Å². The van der Waals surface area contributed by atoms with Gasteiger partial charge in [-0.3, -0.25) is 4.79 Å². The van der Waals surface area contributed by atoms with Gasteiger partial charge in [-0.05, 0) is 0 Å². The average Bonchev–Trinajstić information content (AvgIpc) is 3.33. The molecular weight excluding hydrogens is 375 g/mol. The Morgan fingerprint density at radius 3 is 2.68 bits per heavy atom. The highest BCUT2D eigenvalue weighted by molar-refractivity contribution is 5.76. The molecule has 0 bridgehead atoms. The SMILES string of the molecule is O=C(CCc1ncc(-c2ccccc2)o1)N1CCn2c(nnc2C(F)(F)F)C1. The van der Waals surface area contributed by atoms with Crippen molar-refractivity contribution in [1.29, 1.82) is 0 Å². The quantitative estimate of drug-likeness (QED) is 0.684. The number of nitrogens with zero attached hydrogens (tertiary/aromatic N) is 5. The number of rotatable bonds is 4. The van der Waals surface area contributed by atoms with Crippen molar-refractivity contribution in [3.63, 3.8) is 0 Å². The van der Waals surface area contributed by atoms with Gasteiger partial charge in [0.2, 0.25) is 11.7 Å². The third kappa shape index (κ3) is 3.62. The summed E-state index contributed by atoms with van der Waals surface area (Å²) >= 11 is 0. The molecule has 28 heavy (non-hydrogen) atoms. The molecule has 0 fully saturated rings. The predicted octanol–water partition coefficient (Wildman–Crippen LogP) is 2.93. The van der Waals surface area contributed by atoms with E-state index in [4.69, 9.17) is 4.42 Å².